The molecule has 2 heteroatoms. The number of nitrogens with zero attached hydrogens (tertiary/aromatic N) is 1. The van der Waals surface area contributed by atoms with E-state index in [0.717, 1.165) is 66.8 Å². The zero-order valence-corrected chi connectivity index (χ0v) is 36.7. The van der Waals surface area contributed by atoms with Gasteiger partial charge < -0.3 is 9.32 Å². The third kappa shape index (κ3) is 6.26. The summed E-state index contributed by atoms with van der Waals surface area (Å²) < 4.78 is 6.22. The van der Waals surface area contributed by atoms with Gasteiger partial charge in [0.1, 0.15) is 11.2 Å². The molecule has 67 heavy (non-hydrogen) atoms. The van der Waals surface area contributed by atoms with Crippen LogP contribution in [0.4, 0.5) is 17.1 Å². The van der Waals surface area contributed by atoms with E-state index in [9.17, 15) is 0 Å². The van der Waals surface area contributed by atoms with Crippen LogP contribution in [-0.4, -0.2) is 0 Å². The van der Waals surface area contributed by atoms with E-state index in [1.165, 1.54) is 49.7 Å². The van der Waals surface area contributed by atoms with Crippen LogP contribution in [0.5, 0.6) is 0 Å². The van der Waals surface area contributed by atoms with Crippen molar-refractivity contribution in [2.24, 2.45) is 0 Å². The largest absolute Gasteiger partial charge is 0.456 e. The number of fused-ring (bicyclic) bond motifs is 7. The Morgan fingerprint density at radius 2 is 0.866 bits per heavy atom. The summed E-state index contributed by atoms with van der Waals surface area (Å²) in [6.45, 7) is 0. The second kappa shape index (κ2) is 15.8. The molecular weight excluding hydrogens is 811 g/mol. The average Bonchev–Trinajstić information content (AvgIpc) is 3.93. The van der Waals surface area contributed by atoms with Crippen LogP contribution in [0.2, 0.25) is 0 Å². The molecule has 0 unspecified atom stereocenters. The third-order valence-electron chi connectivity index (χ3n) is 14.0. The molecule has 0 saturated heterocycles. The monoisotopic (exact) mass is 853 g/mol. The van der Waals surface area contributed by atoms with Crippen LogP contribution in [0.3, 0.4) is 0 Å². The second-order valence-electron chi connectivity index (χ2n) is 17.6. The summed E-state index contributed by atoms with van der Waals surface area (Å²) in [6.07, 6.45) is 0. The van der Waals surface area contributed by atoms with Gasteiger partial charge in [-0.1, -0.05) is 212 Å². The van der Waals surface area contributed by atoms with Crippen molar-refractivity contribution in [3.05, 3.63) is 283 Å². The average molecular weight is 854 g/mol. The quantitative estimate of drug-likeness (QED) is 0.151. The summed E-state index contributed by atoms with van der Waals surface area (Å²) in [6, 6.07) is 95.4. The Labute approximate surface area is 390 Å². The lowest BCUT2D eigenvalue weighted by Crippen LogP contribution is -2.28. The van der Waals surface area contributed by atoms with Gasteiger partial charge in [-0.2, -0.15) is 0 Å². The Morgan fingerprint density at radius 1 is 0.299 bits per heavy atom. The first-order valence-corrected chi connectivity index (χ1v) is 23.1. The molecule has 314 valence electrons. The van der Waals surface area contributed by atoms with Crippen molar-refractivity contribution in [2.75, 3.05) is 4.90 Å². The lowest BCUT2D eigenvalue weighted by atomic mass is 9.67. The summed E-state index contributed by atoms with van der Waals surface area (Å²) in [7, 11) is 0. The van der Waals surface area contributed by atoms with Crippen molar-refractivity contribution >= 4 is 49.8 Å². The molecule has 0 amide bonds. The molecule has 12 aromatic rings. The van der Waals surface area contributed by atoms with E-state index in [4.69, 9.17) is 4.42 Å². The van der Waals surface area contributed by atoms with E-state index in [1.807, 2.05) is 12.1 Å². The summed E-state index contributed by atoms with van der Waals surface area (Å²) in [5.41, 5.74) is 19.0. The maximum atomic E-state index is 6.22. The highest BCUT2D eigenvalue weighted by Gasteiger charge is 2.46. The van der Waals surface area contributed by atoms with E-state index in [0.29, 0.717) is 0 Å². The fourth-order valence-corrected chi connectivity index (χ4v) is 10.9. The van der Waals surface area contributed by atoms with Crippen molar-refractivity contribution in [1.29, 1.82) is 0 Å². The SMILES string of the molecule is c1ccc(-c2ccc(-c3cccc4ccccc34)cc2N(c2ccc(-c3ccc4oc5ccccc5c4c3)cc2)c2ccc3c(c2)C(c2ccccc2)(c2ccccc2)c2ccccc2-3)cc1. The van der Waals surface area contributed by atoms with Crippen LogP contribution in [-0.2, 0) is 5.41 Å². The van der Waals surface area contributed by atoms with E-state index < -0.39 is 5.41 Å². The second-order valence-corrected chi connectivity index (χ2v) is 17.6. The van der Waals surface area contributed by atoms with Gasteiger partial charge in [-0.25, -0.2) is 0 Å². The molecule has 0 atom stereocenters. The molecule has 11 aromatic carbocycles. The standard InChI is InChI=1S/C65H43NO/c1-4-17-46(18-5-1)55-38-33-48(54-28-16-20-45-19-10-11-25-53(45)54)42-62(55)66(51-35-31-44(32-36-51)47-34-40-64-59(41-47)58-27-13-15-30-63(58)67-64)52-37-39-57-56-26-12-14-29-60(56)65(61(57)43-52,49-21-6-2-7-22-49)50-23-8-3-9-24-50/h1-43H. The predicted octanol–water partition coefficient (Wildman–Crippen LogP) is 17.6. The number of hydrogen-bond donors (Lipinski definition) is 0. The van der Waals surface area contributed by atoms with Gasteiger partial charge in [0.15, 0.2) is 0 Å². The van der Waals surface area contributed by atoms with Gasteiger partial charge in [-0.3, -0.25) is 0 Å². The van der Waals surface area contributed by atoms with Gasteiger partial charge in [0.05, 0.1) is 11.1 Å². The minimum atomic E-state index is -0.553. The molecule has 1 aromatic heterocycles. The Morgan fingerprint density at radius 3 is 1.66 bits per heavy atom. The van der Waals surface area contributed by atoms with Crippen LogP contribution >= 0.6 is 0 Å². The molecular formula is C65H43NO. The molecule has 1 aliphatic carbocycles. The zero-order chi connectivity index (χ0) is 44.3. The Balaban J connectivity index is 1.06. The summed E-state index contributed by atoms with van der Waals surface area (Å²) in [5.74, 6) is 0. The lowest BCUT2D eigenvalue weighted by Gasteiger charge is -2.35. The van der Waals surface area contributed by atoms with Gasteiger partial charge in [0.25, 0.3) is 0 Å². The first-order chi connectivity index (χ1) is 33.2. The number of anilines is 3. The maximum absolute atomic E-state index is 6.22. The molecule has 2 nitrogen and oxygen atoms in total. The summed E-state index contributed by atoms with van der Waals surface area (Å²) in [4.78, 5) is 2.48. The minimum Gasteiger partial charge on any atom is -0.456 e. The van der Waals surface area contributed by atoms with Gasteiger partial charge >= 0.3 is 0 Å². The van der Waals surface area contributed by atoms with E-state index >= 15 is 0 Å². The van der Waals surface area contributed by atoms with Crippen LogP contribution < -0.4 is 4.90 Å². The molecule has 0 bridgehead atoms. The molecule has 13 rings (SSSR count). The maximum Gasteiger partial charge on any atom is 0.135 e. The summed E-state index contributed by atoms with van der Waals surface area (Å²) in [5, 5.41) is 4.70. The van der Waals surface area contributed by atoms with E-state index in [1.54, 1.807) is 0 Å². The number of rotatable bonds is 8. The van der Waals surface area contributed by atoms with Gasteiger partial charge in [0, 0.05) is 27.7 Å². The fourth-order valence-electron chi connectivity index (χ4n) is 10.9. The van der Waals surface area contributed by atoms with Crippen molar-refractivity contribution in [3.8, 4) is 44.5 Å². The topological polar surface area (TPSA) is 16.4 Å². The van der Waals surface area contributed by atoms with E-state index in [-0.39, 0.29) is 0 Å². The van der Waals surface area contributed by atoms with Crippen LogP contribution in [0.15, 0.2) is 265 Å². The van der Waals surface area contributed by atoms with Crippen molar-refractivity contribution in [1.82, 2.24) is 0 Å². The summed E-state index contributed by atoms with van der Waals surface area (Å²) >= 11 is 0. The number of para-hydroxylation sites is 1. The van der Waals surface area contributed by atoms with Gasteiger partial charge in [-0.15, -0.1) is 0 Å². The zero-order valence-electron chi connectivity index (χ0n) is 36.7. The molecule has 1 aliphatic rings. The molecule has 0 radical (unpaired) electrons. The Hall–Kier alpha value is -8.72. The van der Waals surface area contributed by atoms with Crippen LogP contribution in [0.1, 0.15) is 22.3 Å². The smallest absolute Gasteiger partial charge is 0.135 e. The molecule has 0 saturated carbocycles. The Bertz CT molecular complexity index is 3750. The third-order valence-corrected chi connectivity index (χ3v) is 14.0. The van der Waals surface area contributed by atoms with Crippen molar-refractivity contribution in [3.63, 3.8) is 0 Å². The first kappa shape index (κ1) is 38.7. The fraction of sp³-hybridized carbons (Fsp3) is 0.0154. The molecule has 0 N–H and O–H groups in total. The number of hydrogen-bond acceptors (Lipinski definition) is 2. The minimum absolute atomic E-state index is 0.553. The molecule has 1 heterocycles. The van der Waals surface area contributed by atoms with Crippen LogP contribution in [0.25, 0.3) is 77.2 Å². The highest BCUT2D eigenvalue weighted by atomic mass is 16.3. The first-order valence-electron chi connectivity index (χ1n) is 23.1. The van der Waals surface area contributed by atoms with Crippen molar-refractivity contribution in [2.45, 2.75) is 5.41 Å². The molecule has 0 aliphatic heterocycles. The molecule has 0 spiro atoms. The molecule has 0 fully saturated rings. The highest BCUT2D eigenvalue weighted by molar-refractivity contribution is 6.06. The number of benzene rings is 11. The van der Waals surface area contributed by atoms with Crippen LogP contribution in [0, 0.1) is 0 Å². The van der Waals surface area contributed by atoms with Gasteiger partial charge in [-0.05, 0) is 121 Å². The normalized spacial score (nSPS) is 12.6. The Kier molecular flexibility index (Phi) is 9.11. The highest BCUT2D eigenvalue weighted by Crippen LogP contribution is 2.57. The van der Waals surface area contributed by atoms with Crippen molar-refractivity contribution < 1.29 is 4.42 Å². The van der Waals surface area contributed by atoms with Gasteiger partial charge in [0.2, 0.25) is 0 Å². The van der Waals surface area contributed by atoms with E-state index in [2.05, 4.69) is 254 Å². The predicted molar refractivity (Wildman–Crippen MR) is 280 cm³/mol. The number of furan rings is 1. The lowest BCUT2D eigenvalue weighted by molar-refractivity contribution is 0.669.